The van der Waals surface area contributed by atoms with E-state index in [1.807, 2.05) is 0 Å². The molecule has 10 heteroatoms. The van der Waals surface area contributed by atoms with E-state index in [1.165, 1.54) is 16.8 Å². The molecule has 0 amide bonds. The molecule has 3 heterocycles. The first-order valence-corrected chi connectivity index (χ1v) is 8.87. The number of carboxylic acid groups (broad SMARTS) is 1. The summed E-state index contributed by atoms with van der Waals surface area (Å²) in [4.78, 5) is 31.6. The minimum Gasteiger partial charge on any atom is -0.485 e. The molecule has 2 aromatic heterocycles. The topological polar surface area (TPSA) is 93.8 Å². The van der Waals surface area contributed by atoms with Gasteiger partial charge in [0.25, 0.3) is 5.56 Å². The number of aromatic nitrogens is 2. The van der Waals surface area contributed by atoms with E-state index >= 15 is 0 Å². The molecule has 0 saturated carbocycles. The van der Waals surface area contributed by atoms with Crippen molar-refractivity contribution in [2.75, 3.05) is 0 Å². The number of rotatable bonds is 5. The van der Waals surface area contributed by atoms with Gasteiger partial charge in [-0.15, -0.1) is 0 Å². The second-order valence-corrected chi connectivity index (χ2v) is 6.86. The van der Waals surface area contributed by atoms with Gasteiger partial charge in [0.15, 0.2) is 5.82 Å². The van der Waals surface area contributed by atoms with E-state index in [4.69, 9.17) is 16.3 Å². The molecule has 1 unspecified atom stereocenters. The number of hydrogen-bond acceptors (Lipinski definition) is 5. The van der Waals surface area contributed by atoms with Crippen molar-refractivity contribution >= 4 is 23.3 Å². The zero-order chi connectivity index (χ0) is 21.3. The van der Waals surface area contributed by atoms with Crippen molar-refractivity contribution in [1.29, 1.82) is 0 Å². The van der Waals surface area contributed by atoms with Crippen LogP contribution >= 0.6 is 11.6 Å². The molecule has 0 aromatic carbocycles. The van der Waals surface area contributed by atoms with E-state index in [0.717, 1.165) is 6.20 Å². The molecule has 1 aliphatic heterocycles. The lowest BCUT2D eigenvalue weighted by atomic mass is 9.99. The van der Waals surface area contributed by atoms with Gasteiger partial charge in [0.1, 0.15) is 34.6 Å². The monoisotopic (exact) mass is 423 g/mol. The van der Waals surface area contributed by atoms with Crippen LogP contribution in [0.15, 0.2) is 39.9 Å². The minimum atomic E-state index is -1.16. The number of aliphatic carboxylic acids is 1. The lowest BCUT2D eigenvalue weighted by molar-refractivity contribution is -0.129. The van der Waals surface area contributed by atoms with E-state index in [-0.39, 0.29) is 35.2 Å². The largest absolute Gasteiger partial charge is 0.485 e. The molecule has 152 valence electrons. The first kappa shape index (κ1) is 20.7. The predicted octanol–water partition coefficient (Wildman–Crippen LogP) is 3.44. The lowest BCUT2D eigenvalue weighted by Crippen LogP contribution is -2.32. The van der Waals surface area contributed by atoms with Gasteiger partial charge in [-0.1, -0.05) is 11.6 Å². The van der Waals surface area contributed by atoms with Gasteiger partial charge in [-0.05, 0) is 19.4 Å². The second kappa shape index (κ2) is 8.12. The van der Waals surface area contributed by atoms with Crippen molar-refractivity contribution < 1.29 is 23.4 Å². The SMILES string of the molecule is CC1=CN=C(C(=O)O)CC1n1c(C)cc(OCc2ncc(F)cc2F)c(Cl)c1=O. The molecule has 1 N–H and O–H groups in total. The molecular formula is C19H16ClF2N3O4. The number of nitrogens with zero attached hydrogens (tertiary/aromatic N) is 3. The van der Waals surface area contributed by atoms with Crippen LogP contribution in [0.4, 0.5) is 8.78 Å². The van der Waals surface area contributed by atoms with E-state index < -0.39 is 29.2 Å². The standard InChI is InChI=1S/C19H16ClF2N3O4/c1-9-6-23-13(19(27)28)5-15(9)25-10(2)3-16(17(20)18(25)26)29-8-14-12(22)4-11(21)7-24-14/h3-4,6-7,15H,5,8H2,1-2H3,(H,27,28). The molecule has 0 saturated heterocycles. The molecule has 0 spiro atoms. The van der Waals surface area contributed by atoms with Gasteiger partial charge in [0.2, 0.25) is 0 Å². The zero-order valence-electron chi connectivity index (χ0n) is 15.4. The number of halogens is 3. The summed E-state index contributed by atoms with van der Waals surface area (Å²) in [6, 6.07) is 1.61. The number of aliphatic imine (C=N–C) groups is 1. The van der Waals surface area contributed by atoms with Crippen LogP contribution < -0.4 is 10.3 Å². The molecule has 2 aromatic rings. The number of carbonyl (C=O) groups is 1. The maximum Gasteiger partial charge on any atom is 0.350 e. The normalized spacial score (nSPS) is 16.2. The van der Waals surface area contributed by atoms with Crippen LogP contribution in [0.3, 0.4) is 0 Å². The Bertz CT molecular complexity index is 1110. The maximum absolute atomic E-state index is 13.7. The highest BCUT2D eigenvalue weighted by molar-refractivity contribution is 6.36. The van der Waals surface area contributed by atoms with Crippen LogP contribution in [-0.4, -0.2) is 26.3 Å². The van der Waals surface area contributed by atoms with Gasteiger partial charge in [0.05, 0.1) is 12.2 Å². The van der Waals surface area contributed by atoms with Crippen LogP contribution in [0, 0.1) is 18.6 Å². The summed E-state index contributed by atoms with van der Waals surface area (Å²) < 4.78 is 33.5. The molecule has 0 fully saturated rings. The molecule has 7 nitrogen and oxygen atoms in total. The third kappa shape index (κ3) is 4.19. The Hall–Kier alpha value is -3.07. The Morgan fingerprint density at radius 2 is 2.10 bits per heavy atom. The Kier molecular flexibility index (Phi) is 5.78. The summed E-state index contributed by atoms with van der Waals surface area (Å²) in [5, 5.41) is 8.95. The number of ether oxygens (including phenoxy) is 1. The van der Waals surface area contributed by atoms with E-state index in [9.17, 15) is 23.5 Å². The summed E-state index contributed by atoms with van der Waals surface area (Å²) in [6.07, 6.45) is 2.29. The van der Waals surface area contributed by atoms with E-state index in [2.05, 4.69) is 9.98 Å². The summed E-state index contributed by atoms with van der Waals surface area (Å²) in [6.45, 7) is 3.02. The van der Waals surface area contributed by atoms with Crippen molar-refractivity contribution in [3.05, 3.63) is 68.5 Å². The molecule has 3 rings (SSSR count). The minimum absolute atomic E-state index is 0.0144. The summed E-state index contributed by atoms with van der Waals surface area (Å²) >= 11 is 6.17. The van der Waals surface area contributed by atoms with Gasteiger partial charge < -0.3 is 14.4 Å². The van der Waals surface area contributed by atoms with Crippen molar-refractivity contribution in [2.24, 2.45) is 4.99 Å². The van der Waals surface area contributed by atoms with Gasteiger partial charge in [-0.2, -0.15) is 0 Å². The van der Waals surface area contributed by atoms with Crippen molar-refractivity contribution in [2.45, 2.75) is 32.9 Å². The Balaban J connectivity index is 1.91. The van der Waals surface area contributed by atoms with E-state index in [0.29, 0.717) is 17.3 Å². The average Bonchev–Trinajstić information content (AvgIpc) is 2.66. The fourth-order valence-electron chi connectivity index (χ4n) is 2.98. The highest BCUT2D eigenvalue weighted by Gasteiger charge is 2.27. The quantitative estimate of drug-likeness (QED) is 0.795. The van der Waals surface area contributed by atoms with Crippen molar-refractivity contribution in [3.63, 3.8) is 0 Å². The molecule has 1 aliphatic rings. The first-order chi connectivity index (χ1) is 13.7. The highest BCUT2D eigenvalue weighted by atomic mass is 35.5. The Morgan fingerprint density at radius 1 is 1.38 bits per heavy atom. The summed E-state index contributed by atoms with van der Waals surface area (Å²) in [7, 11) is 0. The Morgan fingerprint density at radius 3 is 2.76 bits per heavy atom. The molecule has 0 aliphatic carbocycles. The van der Waals surface area contributed by atoms with Crippen molar-refractivity contribution in [1.82, 2.24) is 9.55 Å². The zero-order valence-corrected chi connectivity index (χ0v) is 16.2. The number of hydrogen-bond donors (Lipinski definition) is 1. The molecule has 29 heavy (non-hydrogen) atoms. The third-order valence-corrected chi connectivity index (χ3v) is 4.83. The van der Waals surface area contributed by atoms with Crippen LogP contribution in [0.2, 0.25) is 5.02 Å². The molecular weight excluding hydrogens is 408 g/mol. The molecule has 0 bridgehead atoms. The number of allylic oxidation sites excluding steroid dienone is 1. The second-order valence-electron chi connectivity index (χ2n) is 6.48. The van der Waals surface area contributed by atoms with Gasteiger partial charge in [0, 0.05) is 30.4 Å². The average molecular weight is 424 g/mol. The fourth-order valence-corrected chi connectivity index (χ4v) is 3.18. The van der Waals surface area contributed by atoms with Gasteiger partial charge in [-0.25, -0.2) is 13.6 Å². The first-order valence-electron chi connectivity index (χ1n) is 8.50. The molecule has 1 atom stereocenters. The lowest BCUT2D eigenvalue weighted by Gasteiger charge is -2.25. The highest BCUT2D eigenvalue weighted by Crippen LogP contribution is 2.30. The number of pyridine rings is 2. The molecule has 0 radical (unpaired) electrons. The van der Waals surface area contributed by atoms with Crippen LogP contribution in [0.1, 0.15) is 30.8 Å². The maximum atomic E-state index is 13.7. The van der Waals surface area contributed by atoms with E-state index in [1.54, 1.807) is 13.8 Å². The van der Waals surface area contributed by atoms with Crippen LogP contribution in [0.5, 0.6) is 5.75 Å². The Labute approximate surface area is 168 Å². The third-order valence-electron chi connectivity index (χ3n) is 4.49. The van der Waals surface area contributed by atoms with Gasteiger partial charge >= 0.3 is 5.97 Å². The summed E-state index contributed by atoms with van der Waals surface area (Å²) in [5.74, 6) is -2.85. The summed E-state index contributed by atoms with van der Waals surface area (Å²) in [5.41, 5.74) is 0.367. The number of carboxylic acids is 1. The fraction of sp³-hybridized carbons (Fsp3) is 0.263. The predicted molar refractivity (Wildman–Crippen MR) is 101 cm³/mol. The van der Waals surface area contributed by atoms with Crippen LogP contribution in [-0.2, 0) is 11.4 Å². The number of aryl methyl sites for hydroxylation is 1. The van der Waals surface area contributed by atoms with Crippen molar-refractivity contribution in [3.8, 4) is 5.75 Å². The van der Waals surface area contributed by atoms with Crippen LogP contribution in [0.25, 0.3) is 0 Å². The smallest absolute Gasteiger partial charge is 0.350 e. The van der Waals surface area contributed by atoms with Gasteiger partial charge in [-0.3, -0.25) is 14.8 Å².